The zero-order valence-electron chi connectivity index (χ0n) is 16.3. The van der Waals surface area contributed by atoms with Gasteiger partial charge in [0.2, 0.25) is 5.91 Å². The number of nitrogens with one attached hydrogen (secondary N) is 2. The normalized spacial score (nSPS) is 10.6. The molecule has 156 valence electrons. The summed E-state index contributed by atoms with van der Waals surface area (Å²) in [6.45, 7) is 0. The van der Waals surface area contributed by atoms with Crippen molar-refractivity contribution in [2.45, 2.75) is 12.8 Å². The average molecular weight is 496 g/mol. The molecule has 6 nitrogen and oxygen atoms in total. The minimum absolute atomic E-state index is 0.122. The van der Waals surface area contributed by atoms with Gasteiger partial charge in [-0.2, -0.15) is 0 Å². The van der Waals surface area contributed by atoms with E-state index in [1.807, 2.05) is 60.7 Å². The van der Waals surface area contributed by atoms with Crippen molar-refractivity contribution in [3.63, 3.8) is 0 Å². The van der Waals surface area contributed by atoms with E-state index < -0.39 is 0 Å². The smallest absolute Gasteiger partial charge is 0.279 e. The maximum absolute atomic E-state index is 12.2. The fourth-order valence-corrected chi connectivity index (χ4v) is 4.24. The molecule has 2 amide bonds. The molecular weight excluding hydrogens is 478 g/mol. The van der Waals surface area contributed by atoms with Gasteiger partial charge >= 0.3 is 0 Å². The number of hydrazine groups is 1. The van der Waals surface area contributed by atoms with Gasteiger partial charge in [0.1, 0.15) is 5.69 Å². The Morgan fingerprint density at radius 3 is 2.23 bits per heavy atom. The molecule has 4 aromatic rings. The number of halogens is 1. The highest BCUT2D eigenvalue weighted by molar-refractivity contribution is 9.11. The van der Waals surface area contributed by atoms with Gasteiger partial charge in [0.05, 0.1) is 8.66 Å². The van der Waals surface area contributed by atoms with Gasteiger partial charge in [-0.25, -0.2) is 4.98 Å². The third-order valence-electron chi connectivity index (χ3n) is 4.43. The third-order valence-corrected chi connectivity index (χ3v) is 6.06. The SMILES string of the molecule is O=C(CCc1nc(-c2ccccc2)c(-c2ccccc2)o1)NNC(=O)c1ccc(Br)s1. The quantitative estimate of drug-likeness (QED) is 0.359. The van der Waals surface area contributed by atoms with Crippen LogP contribution in [0.25, 0.3) is 22.6 Å². The molecule has 8 heteroatoms. The van der Waals surface area contributed by atoms with E-state index in [2.05, 4.69) is 31.8 Å². The Balaban J connectivity index is 1.43. The fraction of sp³-hybridized carbons (Fsp3) is 0.0870. The number of hydrogen-bond acceptors (Lipinski definition) is 5. The lowest BCUT2D eigenvalue weighted by atomic mass is 10.1. The van der Waals surface area contributed by atoms with Gasteiger partial charge < -0.3 is 4.42 Å². The van der Waals surface area contributed by atoms with Crippen LogP contribution in [0, 0.1) is 0 Å². The summed E-state index contributed by atoms with van der Waals surface area (Å²) in [4.78, 5) is 29.4. The number of hydrogen-bond donors (Lipinski definition) is 2. The maximum Gasteiger partial charge on any atom is 0.279 e. The molecule has 0 atom stereocenters. The van der Waals surface area contributed by atoms with E-state index in [4.69, 9.17) is 4.42 Å². The Morgan fingerprint density at radius 2 is 1.58 bits per heavy atom. The van der Waals surface area contributed by atoms with E-state index in [1.165, 1.54) is 11.3 Å². The van der Waals surface area contributed by atoms with Crippen molar-refractivity contribution < 1.29 is 14.0 Å². The van der Waals surface area contributed by atoms with E-state index in [0.29, 0.717) is 22.9 Å². The second-order valence-corrected chi connectivity index (χ2v) is 9.09. The van der Waals surface area contributed by atoms with E-state index in [1.54, 1.807) is 12.1 Å². The summed E-state index contributed by atoms with van der Waals surface area (Å²) in [5, 5.41) is 0. The molecule has 0 fully saturated rings. The molecule has 0 saturated heterocycles. The first-order valence-electron chi connectivity index (χ1n) is 9.55. The number of oxazole rings is 1. The van der Waals surface area contributed by atoms with Crippen LogP contribution in [0.4, 0.5) is 0 Å². The van der Waals surface area contributed by atoms with Crippen LogP contribution >= 0.6 is 27.3 Å². The number of carbonyl (C=O) groups excluding carboxylic acids is 2. The first-order chi connectivity index (χ1) is 15.1. The van der Waals surface area contributed by atoms with Crippen LogP contribution in [0.1, 0.15) is 22.0 Å². The second kappa shape index (κ2) is 9.72. The zero-order valence-corrected chi connectivity index (χ0v) is 18.7. The minimum atomic E-state index is -0.363. The van der Waals surface area contributed by atoms with Gasteiger partial charge in [-0.05, 0) is 28.1 Å². The molecule has 0 radical (unpaired) electrons. The number of carbonyl (C=O) groups is 2. The lowest BCUT2D eigenvalue weighted by Crippen LogP contribution is -2.41. The van der Waals surface area contributed by atoms with Crippen LogP contribution in [0.3, 0.4) is 0 Å². The molecule has 2 aromatic heterocycles. The first kappa shape index (κ1) is 21.0. The first-order valence-corrected chi connectivity index (χ1v) is 11.2. The topological polar surface area (TPSA) is 84.2 Å². The highest BCUT2D eigenvalue weighted by Crippen LogP contribution is 2.32. The van der Waals surface area contributed by atoms with E-state index in [0.717, 1.165) is 20.6 Å². The van der Waals surface area contributed by atoms with Crippen molar-refractivity contribution in [1.82, 2.24) is 15.8 Å². The molecular formula is C23H18BrN3O3S. The van der Waals surface area contributed by atoms with E-state index in [-0.39, 0.29) is 18.2 Å². The summed E-state index contributed by atoms with van der Waals surface area (Å²) < 4.78 is 6.87. The summed E-state index contributed by atoms with van der Waals surface area (Å²) in [7, 11) is 0. The molecule has 2 aromatic carbocycles. The molecule has 2 heterocycles. The lowest BCUT2D eigenvalue weighted by molar-refractivity contribution is -0.121. The molecule has 0 aliphatic rings. The fourth-order valence-electron chi connectivity index (χ4n) is 2.96. The number of thiophene rings is 1. The number of amides is 2. The lowest BCUT2D eigenvalue weighted by Gasteiger charge is -2.05. The molecule has 0 unspecified atom stereocenters. The van der Waals surface area contributed by atoms with Crippen LogP contribution in [0.5, 0.6) is 0 Å². The van der Waals surface area contributed by atoms with Crippen molar-refractivity contribution in [2.75, 3.05) is 0 Å². The molecule has 0 aliphatic carbocycles. The van der Waals surface area contributed by atoms with Crippen molar-refractivity contribution in [3.05, 3.63) is 87.4 Å². The summed E-state index contributed by atoms with van der Waals surface area (Å²) in [6, 6.07) is 23.0. The maximum atomic E-state index is 12.2. The van der Waals surface area contributed by atoms with Crippen LogP contribution in [0.15, 0.2) is 81.0 Å². The Kier molecular flexibility index (Phi) is 6.59. The number of benzene rings is 2. The highest BCUT2D eigenvalue weighted by atomic mass is 79.9. The van der Waals surface area contributed by atoms with Crippen LogP contribution in [0.2, 0.25) is 0 Å². The summed E-state index contributed by atoms with van der Waals surface area (Å²) >= 11 is 4.59. The van der Waals surface area contributed by atoms with Gasteiger partial charge in [0.25, 0.3) is 5.91 Å². The van der Waals surface area contributed by atoms with Crippen LogP contribution < -0.4 is 10.9 Å². The molecule has 0 bridgehead atoms. The zero-order chi connectivity index (χ0) is 21.6. The number of aryl methyl sites for hydroxylation is 1. The van der Waals surface area contributed by atoms with E-state index in [9.17, 15) is 9.59 Å². The van der Waals surface area contributed by atoms with Crippen molar-refractivity contribution in [3.8, 4) is 22.6 Å². The number of aromatic nitrogens is 1. The van der Waals surface area contributed by atoms with Gasteiger partial charge in [-0.3, -0.25) is 20.4 Å². The standard InChI is InChI=1S/C23H18BrN3O3S/c24-18-12-11-17(31-18)23(29)27-26-19(28)13-14-20-25-21(15-7-3-1-4-8-15)22(30-20)16-9-5-2-6-10-16/h1-12H,13-14H2,(H,26,28)(H,27,29). The van der Waals surface area contributed by atoms with Gasteiger partial charge in [-0.15, -0.1) is 11.3 Å². The summed E-state index contributed by atoms with van der Waals surface area (Å²) in [5.41, 5.74) is 7.44. The summed E-state index contributed by atoms with van der Waals surface area (Å²) in [5.74, 6) is 0.433. The molecule has 0 spiro atoms. The van der Waals surface area contributed by atoms with Crippen molar-refractivity contribution in [2.24, 2.45) is 0 Å². The van der Waals surface area contributed by atoms with Gasteiger partial charge in [-0.1, -0.05) is 60.7 Å². The van der Waals surface area contributed by atoms with Gasteiger partial charge in [0.15, 0.2) is 11.7 Å². The minimum Gasteiger partial charge on any atom is -0.440 e. The number of rotatable bonds is 6. The molecule has 4 rings (SSSR count). The second-order valence-electron chi connectivity index (χ2n) is 6.62. The average Bonchev–Trinajstić information content (AvgIpc) is 3.44. The summed E-state index contributed by atoms with van der Waals surface area (Å²) in [6.07, 6.45) is 0.427. The Bertz CT molecular complexity index is 1130. The number of nitrogens with zero attached hydrogens (tertiary/aromatic N) is 1. The Morgan fingerprint density at radius 1 is 0.903 bits per heavy atom. The molecule has 0 aliphatic heterocycles. The van der Waals surface area contributed by atoms with Crippen molar-refractivity contribution in [1.29, 1.82) is 0 Å². The Labute approximate surface area is 191 Å². The highest BCUT2D eigenvalue weighted by Gasteiger charge is 2.17. The predicted octanol–water partition coefficient (Wildman–Crippen LogP) is 5.23. The molecule has 0 saturated carbocycles. The van der Waals surface area contributed by atoms with Crippen LogP contribution in [-0.2, 0) is 11.2 Å². The monoisotopic (exact) mass is 495 g/mol. The predicted molar refractivity (Wildman–Crippen MR) is 123 cm³/mol. The van der Waals surface area contributed by atoms with E-state index >= 15 is 0 Å². The van der Waals surface area contributed by atoms with Crippen molar-refractivity contribution >= 4 is 39.1 Å². The third kappa shape index (κ3) is 5.28. The van der Waals surface area contributed by atoms with Crippen LogP contribution in [-0.4, -0.2) is 16.8 Å². The van der Waals surface area contributed by atoms with Gasteiger partial charge in [0, 0.05) is 24.0 Å². The largest absolute Gasteiger partial charge is 0.440 e. The molecule has 31 heavy (non-hydrogen) atoms. The Hall–Kier alpha value is -3.23. The molecule has 2 N–H and O–H groups in total.